The van der Waals surface area contributed by atoms with E-state index < -0.39 is 78.5 Å². The van der Waals surface area contributed by atoms with Crippen molar-refractivity contribution in [3.8, 4) is 28.6 Å². The van der Waals surface area contributed by atoms with Crippen molar-refractivity contribution in [2.45, 2.75) is 52.1 Å². The van der Waals surface area contributed by atoms with E-state index in [4.69, 9.17) is 32.3 Å². The van der Waals surface area contributed by atoms with Crippen LogP contribution in [0.4, 0.5) is 5.69 Å². The third-order valence-corrected chi connectivity index (χ3v) is 4.28. The minimum Gasteiger partial charge on any atom is -0.502 e. The smallest absolute Gasteiger partial charge is 0.256 e. The lowest BCUT2D eigenvalue weighted by atomic mass is 10.0. The first-order chi connectivity index (χ1) is 19.1. The molecular weight excluding hydrogens is 376 g/mol. The van der Waals surface area contributed by atoms with Gasteiger partial charge in [0.15, 0.2) is 0 Å². The van der Waals surface area contributed by atoms with Crippen LogP contribution in [-0.4, -0.2) is 22.7 Å². The predicted molar refractivity (Wildman–Crippen MR) is 117 cm³/mol. The summed E-state index contributed by atoms with van der Waals surface area (Å²) in [5.74, 6) is -1.16. The molecule has 0 bridgehead atoms. The molecule has 6 heteroatoms. The summed E-state index contributed by atoms with van der Waals surface area (Å²) in [5.41, 5.74) is -0.868. The predicted octanol–water partition coefficient (Wildman–Crippen LogP) is 5.73. The van der Waals surface area contributed by atoms with E-state index >= 15 is 0 Å². The van der Waals surface area contributed by atoms with Gasteiger partial charge in [0, 0.05) is 24.0 Å². The Kier molecular flexibility index (Phi) is 2.96. The second-order valence-electron chi connectivity index (χ2n) is 6.56. The maximum atomic E-state index is 8.94. The third-order valence-electron chi connectivity index (χ3n) is 4.28. The van der Waals surface area contributed by atoms with Gasteiger partial charge < -0.3 is 14.6 Å². The number of benzene rings is 2. The minimum atomic E-state index is -2.70. The van der Waals surface area contributed by atoms with Gasteiger partial charge in [-0.15, -0.1) is 0 Å². The molecule has 0 saturated carbocycles. The number of ether oxygens (including phenoxy) is 1. The van der Waals surface area contributed by atoms with Crippen LogP contribution in [0.25, 0.3) is 27.7 Å². The Hall–Kier alpha value is -3.17. The van der Waals surface area contributed by atoms with Crippen molar-refractivity contribution in [3.05, 3.63) is 58.8 Å². The van der Waals surface area contributed by atoms with Crippen molar-refractivity contribution in [3.63, 3.8) is 0 Å². The lowest BCUT2D eigenvalue weighted by Gasteiger charge is -2.13. The Labute approximate surface area is 193 Å². The van der Waals surface area contributed by atoms with Gasteiger partial charge in [0.25, 0.3) is 5.89 Å². The van der Waals surface area contributed by atoms with Crippen molar-refractivity contribution < 1.29 is 25.7 Å². The van der Waals surface area contributed by atoms with E-state index in [-0.39, 0.29) is 40.9 Å². The average molecular weight is 415 g/mol. The molecule has 0 radical (unpaired) electrons. The molecule has 1 aromatic heterocycles. The SMILES string of the molecule is [2H]c1c([2H])c(-c2noc(-c3c([2H])c([2H])c(OC([2H])(C)C)c([N+]#[C-])c3[2H])n2)c2c(c1[2H])[C@@]([2H])(NC([2H])([2H])C([2H])([2H])C)CC2. The summed E-state index contributed by atoms with van der Waals surface area (Å²) in [6.45, 7) is 8.54. The van der Waals surface area contributed by atoms with Gasteiger partial charge in [0.1, 0.15) is 5.75 Å². The van der Waals surface area contributed by atoms with Gasteiger partial charge in [-0.1, -0.05) is 30.2 Å². The molecule has 3 aromatic rings. The lowest BCUT2D eigenvalue weighted by molar-refractivity contribution is 0.244. The van der Waals surface area contributed by atoms with Gasteiger partial charge in [-0.25, -0.2) is 4.85 Å². The second-order valence-corrected chi connectivity index (χ2v) is 6.56. The fourth-order valence-corrected chi connectivity index (χ4v) is 3.04. The van der Waals surface area contributed by atoms with Gasteiger partial charge in [0.2, 0.25) is 11.5 Å². The lowest BCUT2D eigenvalue weighted by Crippen LogP contribution is -2.19. The number of rotatable bonds is 7. The van der Waals surface area contributed by atoms with Crippen LogP contribution in [0.2, 0.25) is 0 Å². The quantitative estimate of drug-likeness (QED) is 0.500. The first kappa shape index (κ1) is 10.2. The zero-order valence-corrected chi connectivity index (χ0v) is 16.6. The van der Waals surface area contributed by atoms with Crippen molar-refractivity contribution in [2.75, 3.05) is 6.50 Å². The molecule has 30 heavy (non-hydrogen) atoms. The molecule has 4 rings (SSSR count). The number of hydrogen-bond donors (Lipinski definition) is 1. The molecule has 1 heterocycles. The molecule has 1 N–H and O–H groups in total. The Bertz CT molecular complexity index is 1640. The monoisotopic (exact) mass is 414 g/mol. The van der Waals surface area contributed by atoms with E-state index in [0.717, 1.165) is 6.92 Å². The van der Waals surface area contributed by atoms with Crippen molar-refractivity contribution in [1.29, 1.82) is 0 Å². The van der Waals surface area contributed by atoms with Crippen LogP contribution in [-0.2, 0) is 6.42 Å². The summed E-state index contributed by atoms with van der Waals surface area (Å²) in [5, 5.41) is 6.20. The summed E-state index contributed by atoms with van der Waals surface area (Å²) in [6.07, 6.45) is -4.08. The molecule has 0 saturated heterocycles. The van der Waals surface area contributed by atoms with Crippen LogP contribution in [0.15, 0.2) is 40.8 Å². The second kappa shape index (κ2) is 8.68. The highest BCUT2D eigenvalue weighted by atomic mass is 16.5. The zero-order chi connectivity index (χ0) is 31.7. The van der Waals surface area contributed by atoms with Gasteiger partial charge in [0.05, 0.1) is 22.2 Å². The highest BCUT2D eigenvalue weighted by molar-refractivity contribution is 5.70. The van der Waals surface area contributed by atoms with Gasteiger partial charge in [-0.2, -0.15) is 4.98 Å². The molecule has 0 amide bonds. The van der Waals surface area contributed by atoms with E-state index in [1.807, 2.05) is 0 Å². The van der Waals surface area contributed by atoms with Gasteiger partial charge in [-0.3, -0.25) is 0 Å². The Balaban J connectivity index is 1.89. The average Bonchev–Trinajstić information content (AvgIpc) is 3.44. The van der Waals surface area contributed by atoms with Crippen molar-refractivity contribution in [2.24, 2.45) is 0 Å². The van der Waals surface area contributed by atoms with Crippen LogP contribution >= 0.6 is 0 Å². The van der Waals surface area contributed by atoms with Gasteiger partial charge in [-0.05, 0) is 68.8 Å². The maximum absolute atomic E-state index is 8.94. The first-order valence-corrected chi connectivity index (χ1v) is 9.12. The van der Waals surface area contributed by atoms with Crippen LogP contribution in [0.3, 0.4) is 0 Å². The molecule has 0 unspecified atom stereocenters. The number of nitrogens with zero attached hydrogens (tertiary/aromatic N) is 3. The summed E-state index contributed by atoms with van der Waals surface area (Å²) in [4.78, 5) is 7.45. The Morgan fingerprint density at radius 1 is 1.47 bits per heavy atom. The number of fused-ring (bicyclic) bond motifs is 1. The fourth-order valence-electron chi connectivity index (χ4n) is 3.04. The summed E-state index contributed by atoms with van der Waals surface area (Å²) in [6, 6.07) is -5.37. The van der Waals surface area contributed by atoms with Gasteiger partial charge >= 0.3 is 0 Å². The molecule has 1 atom stereocenters. The highest BCUT2D eigenvalue weighted by Gasteiger charge is 2.26. The van der Waals surface area contributed by atoms with Crippen molar-refractivity contribution >= 4 is 5.69 Å². The molecule has 2 aromatic carbocycles. The summed E-state index contributed by atoms with van der Waals surface area (Å²) in [7, 11) is 0. The molecule has 0 aliphatic heterocycles. The highest BCUT2D eigenvalue weighted by Crippen LogP contribution is 2.38. The topological polar surface area (TPSA) is 64.5 Å². The maximum Gasteiger partial charge on any atom is 0.256 e. The number of hydrogen-bond acceptors (Lipinski definition) is 5. The molecule has 6 nitrogen and oxygen atoms in total. The van der Waals surface area contributed by atoms with E-state index in [1.54, 1.807) is 0 Å². The van der Waals surface area contributed by atoms with E-state index in [0.29, 0.717) is 0 Å². The van der Waals surface area contributed by atoms with Crippen LogP contribution < -0.4 is 10.1 Å². The van der Waals surface area contributed by atoms with Crippen LogP contribution in [0.1, 0.15) is 67.2 Å². The third kappa shape index (κ3) is 3.94. The fraction of sp³-hybridized carbons (Fsp3) is 0.375. The molecule has 154 valence electrons. The van der Waals surface area contributed by atoms with Crippen LogP contribution in [0.5, 0.6) is 5.75 Å². The molecule has 0 spiro atoms. The number of aromatic nitrogens is 2. The summed E-state index contributed by atoms with van der Waals surface area (Å²) >= 11 is 0. The number of nitrogens with one attached hydrogen (secondary N) is 1. The first-order valence-electron chi connectivity index (χ1n) is 15.1. The normalized spacial score (nSPS) is 24.7. The van der Waals surface area contributed by atoms with E-state index in [9.17, 15) is 0 Å². The molecule has 0 fully saturated rings. The standard InChI is InChI=1S/C24H26N4O2/c1-5-13-26-20-11-10-17-18(20)7-6-8-19(17)23-27-24(30-28-23)16-9-12-22(29-15(2)3)21(14-16)25-4/h6-9,12,14-15,20,26H,5,10-11,13H2,1-3H3/t20-/m0/s1/i5D2,6D,7D,8D,9D,12D,13D2,14D,15D,20D. The van der Waals surface area contributed by atoms with Crippen molar-refractivity contribution in [1.82, 2.24) is 15.5 Å². The summed E-state index contributed by atoms with van der Waals surface area (Å²) < 4.78 is 110. The molecule has 1 aliphatic rings. The van der Waals surface area contributed by atoms with E-state index in [1.165, 1.54) is 13.8 Å². The Morgan fingerprint density at radius 2 is 2.33 bits per heavy atom. The molecule has 1 aliphatic carbocycles. The largest absolute Gasteiger partial charge is 0.502 e. The van der Waals surface area contributed by atoms with Crippen LogP contribution in [0, 0.1) is 6.57 Å². The minimum absolute atomic E-state index is 0.0208. The van der Waals surface area contributed by atoms with E-state index in [2.05, 4.69) is 20.3 Å². The Morgan fingerprint density at radius 3 is 3.10 bits per heavy atom. The zero-order valence-electron chi connectivity index (χ0n) is 28.6. The molecular formula is C24H26N4O2.